The maximum Gasteiger partial charge on any atom is 0.164 e. The highest BCUT2D eigenvalue weighted by molar-refractivity contribution is 6.14. The van der Waals surface area contributed by atoms with E-state index in [0.29, 0.717) is 58.3 Å². The van der Waals surface area contributed by atoms with Gasteiger partial charge in [-0.05, 0) is 169 Å². The summed E-state index contributed by atoms with van der Waals surface area (Å²) < 4.78 is 19.3. The molecule has 0 amide bonds. The van der Waals surface area contributed by atoms with Crippen LogP contribution in [0.2, 0.25) is 0 Å². The largest absolute Gasteiger partial charge is 0.460 e. The molecule has 18 aromatic carbocycles. The molecule has 0 bridgehead atoms. The Kier molecular flexibility index (Phi) is 24.3. The predicted octanol–water partition coefficient (Wildman–Crippen LogP) is 34.8. The molecule has 0 fully saturated rings. The van der Waals surface area contributed by atoms with E-state index >= 15 is 0 Å². The molecule has 696 valence electrons. The number of allylic oxidation sites excluding steroid dienone is 9. The van der Waals surface area contributed by atoms with E-state index in [1.54, 1.807) is 0 Å². The van der Waals surface area contributed by atoms with Gasteiger partial charge in [-0.25, -0.2) is 44.9 Å². The van der Waals surface area contributed by atoms with Crippen LogP contribution < -0.4 is 0 Å². The third-order valence-electron chi connectivity index (χ3n) is 27.9. The normalized spacial score (nSPS) is 13.2. The first kappa shape index (κ1) is 89.2. The molecule has 12 heteroatoms. The minimum atomic E-state index is 0.437. The van der Waals surface area contributed by atoms with Gasteiger partial charge in [0.25, 0.3) is 0 Å². The number of aromatic nitrogens is 9. The van der Waals surface area contributed by atoms with E-state index in [0.717, 1.165) is 171 Å². The predicted molar refractivity (Wildman–Crippen MR) is 598 cm³/mol. The fraction of sp³-hybridized carbons (Fsp3) is 0.0444. The number of rotatable bonds is 18. The second-order valence-corrected chi connectivity index (χ2v) is 37.1. The Hall–Kier alpha value is -19.2. The lowest BCUT2D eigenvalue weighted by atomic mass is 9.80. The summed E-state index contributed by atoms with van der Waals surface area (Å²) in [7, 11) is 0. The van der Waals surface area contributed by atoms with E-state index in [4.69, 9.17) is 58.1 Å². The smallest absolute Gasteiger partial charge is 0.164 e. The van der Waals surface area contributed by atoms with E-state index in [1.165, 1.54) is 72.4 Å². The second kappa shape index (κ2) is 40.1. The molecule has 1 unspecified atom stereocenters. The Labute approximate surface area is 851 Å². The van der Waals surface area contributed by atoms with Gasteiger partial charge in [0.2, 0.25) is 0 Å². The van der Waals surface area contributed by atoms with Crippen LogP contribution in [0.4, 0.5) is 0 Å². The molecule has 24 aromatic rings. The maximum atomic E-state index is 6.50. The average Bonchev–Trinajstić information content (AvgIpc) is 1.60. The highest BCUT2D eigenvalue weighted by Crippen LogP contribution is 2.47. The maximum absolute atomic E-state index is 6.50. The number of benzene rings is 18. The number of nitrogens with zero attached hydrogens (tertiary/aromatic N) is 9. The van der Waals surface area contributed by atoms with Crippen molar-refractivity contribution in [1.82, 2.24) is 44.9 Å². The fourth-order valence-electron chi connectivity index (χ4n) is 20.5. The van der Waals surface area contributed by atoms with Crippen LogP contribution >= 0.6 is 0 Å². The van der Waals surface area contributed by atoms with Gasteiger partial charge in [0.15, 0.2) is 52.4 Å². The zero-order valence-electron chi connectivity index (χ0n) is 80.2. The van der Waals surface area contributed by atoms with Crippen molar-refractivity contribution in [2.45, 2.75) is 38.0 Å². The van der Waals surface area contributed by atoms with Gasteiger partial charge in [0.05, 0.1) is 0 Å². The molecule has 0 radical (unpaired) electrons. The molecule has 12 nitrogen and oxygen atoms in total. The Bertz CT molecular complexity index is 9000. The number of fused-ring (bicyclic) bond motifs is 9. The Morgan fingerprint density at radius 2 is 0.469 bits per heavy atom. The van der Waals surface area contributed by atoms with Crippen molar-refractivity contribution in [3.05, 3.63) is 531 Å². The van der Waals surface area contributed by atoms with Crippen molar-refractivity contribution >= 4 is 60.9 Å². The van der Waals surface area contributed by atoms with Crippen molar-refractivity contribution in [3.8, 4) is 169 Å². The third kappa shape index (κ3) is 18.5. The highest BCUT2D eigenvalue weighted by Gasteiger charge is 2.29. The van der Waals surface area contributed by atoms with Crippen molar-refractivity contribution in [1.29, 1.82) is 0 Å². The van der Waals surface area contributed by atoms with E-state index in [9.17, 15) is 0 Å². The molecule has 0 saturated carbocycles. The van der Waals surface area contributed by atoms with E-state index in [-0.39, 0.29) is 0 Å². The molecule has 27 rings (SSSR count). The van der Waals surface area contributed by atoms with Crippen LogP contribution in [-0.4, -0.2) is 44.9 Å². The minimum absolute atomic E-state index is 0.437. The summed E-state index contributed by atoms with van der Waals surface area (Å²) in [4.78, 5) is 44.9. The molecule has 0 saturated heterocycles. The Balaban J connectivity index is 0.000000115. The molecule has 6 aromatic heterocycles. The highest BCUT2D eigenvalue weighted by atomic mass is 16.3. The Morgan fingerprint density at radius 1 is 0.190 bits per heavy atom. The standard InChI is InChI=1S/C45H35N3O.2C45H29N3O/c1-4-12-30(13-5-1)35-18-10-19-36(28-35)31-22-24-32(25-23-31)37-26-27-40-39(29-37)42-38(20-11-21-41(42)49-40)45-47-43(33-14-6-2-7-15-33)46-44(48-45)34-16-8-3-9-17-34;1-4-13-31(14-5-1)36-19-10-11-20-37(36)32-25-23-30(24-26-32)35-27-28-40-39(29-35)42-38(21-12-22-41(42)49-40)45-47-43(33-15-6-2-7-16-33)46-44(48-45)34-17-8-3-9-18-34;1-4-11-30(12-5-1)31-19-21-32(22-20-31)33-23-25-34(26-24-33)37-27-28-40-39(29-37)42-38(17-10-18-41(42)49-40)45-47-43(35-13-6-2-7-14-35)46-44(48-45)36-15-8-3-9-16-36/h1-22,24,29,35H,23,25-28H2;2*1-29H. The molecule has 3 aliphatic carbocycles. The first-order valence-electron chi connectivity index (χ1n) is 49.9. The summed E-state index contributed by atoms with van der Waals surface area (Å²) in [5.41, 5.74) is 34.9. The molecule has 3 aliphatic rings. The van der Waals surface area contributed by atoms with E-state index in [2.05, 4.69) is 279 Å². The summed E-state index contributed by atoms with van der Waals surface area (Å²) in [5, 5.41) is 5.07. The van der Waals surface area contributed by atoms with Crippen LogP contribution in [0, 0.1) is 0 Å². The first-order chi connectivity index (χ1) is 72.8. The van der Waals surface area contributed by atoms with Gasteiger partial charge >= 0.3 is 0 Å². The lowest BCUT2D eigenvalue weighted by Gasteiger charge is -2.24. The van der Waals surface area contributed by atoms with Crippen molar-refractivity contribution in [3.63, 3.8) is 0 Å². The fourth-order valence-corrected chi connectivity index (χ4v) is 20.5. The molecule has 0 aliphatic heterocycles. The lowest BCUT2D eigenvalue weighted by Crippen LogP contribution is -2.06. The molecular formula is C135H93N9O3. The second-order valence-electron chi connectivity index (χ2n) is 37.1. The summed E-state index contributed by atoms with van der Waals surface area (Å²) in [6.07, 6.45) is 19.0. The molecular weight excluding hydrogens is 1800 g/mol. The summed E-state index contributed by atoms with van der Waals surface area (Å²) in [6, 6.07) is 158. The molecule has 147 heavy (non-hydrogen) atoms. The minimum Gasteiger partial charge on any atom is -0.460 e. The average molecular weight is 1890 g/mol. The van der Waals surface area contributed by atoms with Gasteiger partial charge < -0.3 is 13.3 Å². The number of aryl methyl sites for hydroxylation is 1. The zero-order chi connectivity index (χ0) is 97.7. The molecule has 1 atom stereocenters. The van der Waals surface area contributed by atoms with Gasteiger partial charge in [-0.1, -0.05) is 449 Å². The van der Waals surface area contributed by atoms with Crippen LogP contribution in [-0.2, 0) is 6.42 Å². The quantitative estimate of drug-likeness (QED) is 0.0803. The zero-order valence-corrected chi connectivity index (χ0v) is 80.2. The van der Waals surface area contributed by atoms with Crippen molar-refractivity contribution in [2.75, 3.05) is 0 Å². The topological polar surface area (TPSA) is 155 Å². The number of hydrogen-bond acceptors (Lipinski definition) is 12. The van der Waals surface area contributed by atoms with Crippen LogP contribution in [0.1, 0.15) is 48.5 Å². The number of furan rings is 3. The SMILES string of the molecule is C1=CC(c2ccccc2)CC(C2=CC=C(C3=Cc4c(oc5cccc(-c6nc(-c7ccccc7)nc(-c7ccccc7)n6)c45)CC3)CC2)=C1.c1ccc(-c2ccc(-c3ccc(-c4ccc5oc6cccc(-c7nc(-c8ccccc8)nc(-c8ccccc8)n7)c6c5c4)cc3)cc2)cc1.c1ccc(-c2nc(-c3ccccc3)nc(-c3cccc4oc5ccc(-c6ccc(-c7ccccc7-c7ccccc7)cc6)cc5c34)n2)cc1. The van der Waals surface area contributed by atoms with E-state index < -0.39 is 0 Å². The van der Waals surface area contributed by atoms with Gasteiger partial charge in [0.1, 0.15) is 33.7 Å². The molecule has 0 N–H and O–H groups in total. The van der Waals surface area contributed by atoms with Crippen LogP contribution in [0.3, 0.4) is 0 Å². The molecule has 6 heterocycles. The van der Waals surface area contributed by atoms with Crippen LogP contribution in [0.15, 0.2) is 527 Å². The van der Waals surface area contributed by atoms with E-state index in [1.807, 2.05) is 218 Å². The van der Waals surface area contributed by atoms with Crippen LogP contribution in [0.5, 0.6) is 0 Å². The van der Waals surface area contributed by atoms with Crippen molar-refractivity contribution in [2.24, 2.45) is 0 Å². The van der Waals surface area contributed by atoms with Gasteiger partial charge in [-0.2, -0.15) is 0 Å². The Morgan fingerprint density at radius 3 is 0.844 bits per heavy atom. The van der Waals surface area contributed by atoms with Gasteiger partial charge in [-0.15, -0.1) is 0 Å². The summed E-state index contributed by atoms with van der Waals surface area (Å²) in [6.45, 7) is 0. The summed E-state index contributed by atoms with van der Waals surface area (Å²) in [5.74, 6) is 7.16. The number of hydrogen-bond donors (Lipinski definition) is 0. The third-order valence-corrected chi connectivity index (χ3v) is 27.9. The monoisotopic (exact) mass is 1890 g/mol. The molecule has 0 spiro atoms. The first-order valence-corrected chi connectivity index (χ1v) is 49.9. The van der Waals surface area contributed by atoms with Gasteiger partial charge in [0, 0.05) is 94.9 Å². The van der Waals surface area contributed by atoms with Crippen molar-refractivity contribution < 1.29 is 13.3 Å². The van der Waals surface area contributed by atoms with Gasteiger partial charge in [-0.3, -0.25) is 0 Å². The lowest BCUT2D eigenvalue weighted by molar-refractivity contribution is 0.543. The summed E-state index contributed by atoms with van der Waals surface area (Å²) >= 11 is 0. The van der Waals surface area contributed by atoms with Crippen LogP contribution in [0.25, 0.3) is 230 Å².